The van der Waals surface area contributed by atoms with Gasteiger partial charge in [-0.25, -0.2) is 0 Å². The lowest BCUT2D eigenvalue weighted by Crippen LogP contribution is -2.00. The standard InChI is InChI=1S/C11H9NO2S/c1-14-10-4-9(5-12-6-10)11(13)8-2-3-15-7-8/h2-7H,1H3. The highest BCUT2D eigenvalue weighted by atomic mass is 32.1. The average molecular weight is 219 g/mol. The van der Waals surface area contributed by atoms with E-state index in [1.54, 1.807) is 31.6 Å². The number of methoxy groups -OCH3 is 1. The topological polar surface area (TPSA) is 39.2 Å². The Morgan fingerprint density at radius 3 is 2.93 bits per heavy atom. The summed E-state index contributed by atoms with van der Waals surface area (Å²) in [6, 6.07) is 3.49. The van der Waals surface area contributed by atoms with E-state index in [9.17, 15) is 4.79 Å². The molecular formula is C11H9NO2S. The van der Waals surface area contributed by atoms with Gasteiger partial charge in [0.05, 0.1) is 13.3 Å². The molecule has 0 aliphatic heterocycles. The molecule has 4 heteroatoms. The summed E-state index contributed by atoms with van der Waals surface area (Å²) in [7, 11) is 1.55. The maximum absolute atomic E-state index is 11.9. The first-order chi connectivity index (χ1) is 7.31. The van der Waals surface area contributed by atoms with Gasteiger partial charge in [-0.1, -0.05) is 0 Å². The third kappa shape index (κ3) is 2.05. The van der Waals surface area contributed by atoms with Crippen LogP contribution in [0.4, 0.5) is 0 Å². The van der Waals surface area contributed by atoms with Crippen molar-refractivity contribution in [3.63, 3.8) is 0 Å². The van der Waals surface area contributed by atoms with Gasteiger partial charge in [-0.05, 0) is 17.5 Å². The molecule has 2 aromatic heterocycles. The Kier molecular flexibility index (Phi) is 2.78. The van der Waals surface area contributed by atoms with Crippen molar-refractivity contribution in [1.82, 2.24) is 4.98 Å². The van der Waals surface area contributed by atoms with E-state index < -0.39 is 0 Å². The smallest absolute Gasteiger partial charge is 0.195 e. The van der Waals surface area contributed by atoms with Crippen LogP contribution in [-0.4, -0.2) is 17.9 Å². The van der Waals surface area contributed by atoms with Crippen molar-refractivity contribution in [2.24, 2.45) is 0 Å². The molecule has 2 rings (SSSR count). The number of ether oxygens (including phenoxy) is 1. The van der Waals surface area contributed by atoms with Gasteiger partial charge in [-0.15, -0.1) is 0 Å². The van der Waals surface area contributed by atoms with Crippen LogP contribution in [0.5, 0.6) is 5.75 Å². The molecule has 0 aliphatic carbocycles. The van der Waals surface area contributed by atoms with E-state index in [1.807, 2.05) is 10.8 Å². The quantitative estimate of drug-likeness (QED) is 0.744. The Balaban J connectivity index is 2.34. The van der Waals surface area contributed by atoms with Crippen molar-refractivity contribution < 1.29 is 9.53 Å². The second kappa shape index (κ2) is 4.23. The molecule has 0 saturated carbocycles. The van der Waals surface area contributed by atoms with Gasteiger partial charge < -0.3 is 4.74 Å². The summed E-state index contributed by atoms with van der Waals surface area (Å²) >= 11 is 1.50. The van der Waals surface area contributed by atoms with Crippen LogP contribution in [0.15, 0.2) is 35.3 Å². The average Bonchev–Trinajstić information content (AvgIpc) is 2.81. The number of ketones is 1. The minimum absolute atomic E-state index is 0.0253. The molecule has 2 aromatic rings. The summed E-state index contributed by atoms with van der Waals surface area (Å²) < 4.78 is 5.01. The van der Waals surface area contributed by atoms with E-state index in [2.05, 4.69) is 4.98 Å². The minimum Gasteiger partial charge on any atom is -0.495 e. The summed E-state index contributed by atoms with van der Waals surface area (Å²) in [5, 5.41) is 3.70. The van der Waals surface area contributed by atoms with Gasteiger partial charge in [0.15, 0.2) is 5.78 Å². The van der Waals surface area contributed by atoms with Gasteiger partial charge in [-0.2, -0.15) is 11.3 Å². The molecule has 2 heterocycles. The number of pyridine rings is 1. The molecule has 0 radical (unpaired) electrons. The van der Waals surface area contributed by atoms with Crippen molar-refractivity contribution in [2.75, 3.05) is 7.11 Å². The van der Waals surface area contributed by atoms with Crippen LogP contribution in [-0.2, 0) is 0 Å². The van der Waals surface area contributed by atoms with Crippen LogP contribution in [0, 0.1) is 0 Å². The van der Waals surface area contributed by atoms with Crippen LogP contribution >= 0.6 is 11.3 Å². The van der Waals surface area contributed by atoms with Crippen molar-refractivity contribution in [3.05, 3.63) is 46.4 Å². The highest BCUT2D eigenvalue weighted by Gasteiger charge is 2.10. The Morgan fingerprint density at radius 2 is 2.27 bits per heavy atom. The Morgan fingerprint density at radius 1 is 1.40 bits per heavy atom. The monoisotopic (exact) mass is 219 g/mol. The second-order valence-corrected chi connectivity index (χ2v) is 3.73. The number of aromatic nitrogens is 1. The van der Waals surface area contributed by atoms with Gasteiger partial charge in [0.1, 0.15) is 5.75 Å². The number of hydrogen-bond donors (Lipinski definition) is 0. The van der Waals surface area contributed by atoms with E-state index in [1.165, 1.54) is 11.3 Å². The Bertz CT molecular complexity index is 465. The molecule has 0 fully saturated rings. The minimum atomic E-state index is -0.0253. The fourth-order valence-electron chi connectivity index (χ4n) is 1.21. The SMILES string of the molecule is COc1cncc(C(=O)c2ccsc2)c1. The highest BCUT2D eigenvalue weighted by molar-refractivity contribution is 7.08. The molecular weight excluding hydrogens is 210 g/mol. The predicted molar refractivity (Wildman–Crippen MR) is 58.5 cm³/mol. The van der Waals surface area contributed by atoms with Crippen molar-refractivity contribution in [3.8, 4) is 5.75 Å². The molecule has 0 bridgehead atoms. The van der Waals surface area contributed by atoms with Crippen LogP contribution in [0.25, 0.3) is 0 Å². The van der Waals surface area contributed by atoms with E-state index >= 15 is 0 Å². The number of rotatable bonds is 3. The first-order valence-corrected chi connectivity index (χ1v) is 5.31. The van der Waals surface area contributed by atoms with Gasteiger partial charge in [0, 0.05) is 22.7 Å². The first kappa shape index (κ1) is 9.86. The summed E-state index contributed by atoms with van der Waals surface area (Å²) in [6.07, 6.45) is 3.12. The lowest BCUT2D eigenvalue weighted by Gasteiger charge is -2.01. The van der Waals surface area contributed by atoms with Crippen molar-refractivity contribution in [1.29, 1.82) is 0 Å². The van der Waals surface area contributed by atoms with Gasteiger partial charge in [-0.3, -0.25) is 9.78 Å². The molecule has 0 spiro atoms. The van der Waals surface area contributed by atoms with Crippen LogP contribution < -0.4 is 4.74 Å². The predicted octanol–water partition coefficient (Wildman–Crippen LogP) is 2.38. The van der Waals surface area contributed by atoms with E-state index in [0.29, 0.717) is 16.9 Å². The first-order valence-electron chi connectivity index (χ1n) is 4.37. The lowest BCUT2D eigenvalue weighted by molar-refractivity contribution is 0.103. The number of hydrogen-bond acceptors (Lipinski definition) is 4. The second-order valence-electron chi connectivity index (χ2n) is 2.95. The van der Waals surface area contributed by atoms with Crippen molar-refractivity contribution in [2.45, 2.75) is 0 Å². The van der Waals surface area contributed by atoms with Gasteiger partial charge in [0.25, 0.3) is 0 Å². The molecule has 0 aromatic carbocycles. The van der Waals surface area contributed by atoms with E-state index in [0.717, 1.165) is 0 Å². The number of nitrogens with zero attached hydrogens (tertiary/aromatic N) is 1. The van der Waals surface area contributed by atoms with Crippen molar-refractivity contribution >= 4 is 17.1 Å². The van der Waals surface area contributed by atoms with Gasteiger partial charge >= 0.3 is 0 Å². The zero-order chi connectivity index (χ0) is 10.7. The normalized spacial score (nSPS) is 9.93. The molecule has 0 aliphatic rings. The van der Waals surface area contributed by atoms with E-state index in [4.69, 9.17) is 4.74 Å². The Hall–Kier alpha value is -1.68. The zero-order valence-electron chi connectivity index (χ0n) is 8.14. The molecule has 76 valence electrons. The van der Waals surface area contributed by atoms with Crippen LogP contribution in [0.3, 0.4) is 0 Å². The summed E-state index contributed by atoms with van der Waals surface area (Å²) in [5.74, 6) is 0.568. The van der Waals surface area contributed by atoms with Crippen LogP contribution in [0.1, 0.15) is 15.9 Å². The number of carbonyl (C=O) groups excluding carboxylic acids is 1. The zero-order valence-corrected chi connectivity index (χ0v) is 8.95. The molecule has 15 heavy (non-hydrogen) atoms. The maximum atomic E-state index is 11.9. The maximum Gasteiger partial charge on any atom is 0.195 e. The fourth-order valence-corrected chi connectivity index (χ4v) is 1.85. The molecule has 0 amide bonds. The summed E-state index contributed by atoms with van der Waals surface area (Å²) in [5.41, 5.74) is 1.24. The number of thiophene rings is 1. The largest absolute Gasteiger partial charge is 0.495 e. The van der Waals surface area contributed by atoms with E-state index in [-0.39, 0.29) is 5.78 Å². The number of carbonyl (C=O) groups is 1. The molecule has 0 atom stereocenters. The molecule has 0 unspecified atom stereocenters. The summed E-state index contributed by atoms with van der Waals surface area (Å²) in [4.78, 5) is 15.8. The van der Waals surface area contributed by atoms with Gasteiger partial charge in [0.2, 0.25) is 0 Å². The Labute approximate surface area is 91.4 Å². The fraction of sp³-hybridized carbons (Fsp3) is 0.0909. The highest BCUT2D eigenvalue weighted by Crippen LogP contribution is 2.16. The molecule has 0 saturated heterocycles. The van der Waals surface area contributed by atoms with Crippen LogP contribution in [0.2, 0.25) is 0 Å². The lowest BCUT2D eigenvalue weighted by atomic mass is 10.1. The molecule has 3 nitrogen and oxygen atoms in total. The summed E-state index contributed by atoms with van der Waals surface area (Å²) in [6.45, 7) is 0. The molecule has 0 N–H and O–H groups in total. The third-order valence-electron chi connectivity index (χ3n) is 1.99. The third-order valence-corrected chi connectivity index (χ3v) is 2.68.